The van der Waals surface area contributed by atoms with Crippen molar-refractivity contribution in [1.82, 2.24) is 29.2 Å². The zero-order valence-corrected chi connectivity index (χ0v) is 13.3. The second-order valence-corrected chi connectivity index (χ2v) is 6.30. The highest BCUT2D eigenvalue weighted by Crippen LogP contribution is 2.20. The van der Waals surface area contributed by atoms with E-state index in [4.69, 9.17) is 0 Å². The minimum absolute atomic E-state index is 0.679. The monoisotopic (exact) mass is 308 g/mol. The van der Waals surface area contributed by atoms with Crippen LogP contribution >= 0.6 is 0 Å². The lowest BCUT2D eigenvalue weighted by Crippen LogP contribution is -2.33. The third-order valence-electron chi connectivity index (χ3n) is 4.48. The smallest absolute Gasteiger partial charge is 0.234 e. The predicted molar refractivity (Wildman–Crippen MR) is 87.9 cm³/mol. The van der Waals surface area contributed by atoms with E-state index in [2.05, 4.69) is 31.9 Å². The minimum atomic E-state index is 0.679. The number of fused-ring (bicyclic) bond motifs is 1. The van der Waals surface area contributed by atoms with E-state index in [0.29, 0.717) is 11.7 Å². The number of piperidine rings is 1. The topological polar surface area (TPSA) is 59.2 Å². The van der Waals surface area contributed by atoms with Crippen LogP contribution in [0.25, 0.3) is 17.2 Å². The van der Waals surface area contributed by atoms with Crippen LogP contribution in [0, 0.1) is 5.92 Å². The van der Waals surface area contributed by atoms with E-state index in [-0.39, 0.29) is 0 Å². The van der Waals surface area contributed by atoms with Gasteiger partial charge < -0.3 is 4.90 Å². The van der Waals surface area contributed by atoms with E-state index >= 15 is 0 Å². The molecule has 6 heteroatoms. The Morgan fingerprint density at radius 1 is 1.13 bits per heavy atom. The number of hydrogen-bond acceptors (Lipinski definition) is 5. The van der Waals surface area contributed by atoms with Gasteiger partial charge >= 0.3 is 0 Å². The van der Waals surface area contributed by atoms with Crippen molar-refractivity contribution in [2.75, 3.05) is 20.1 Å². The average molecular weight is 308 g/mol. The minimum Gasteiger partial charge on any atom is -0.306 e. The van der Waals surface area contributed by atoms with Crippen LogP contribution in [0.15, 0.2) is 37.1 Å². The van der Waals surface area contributed by atoms with Gasteiger partial charge in [0.1, 0.15) is 5.69 Å². The molecular weight excluding hydrogens is 288 g/mol. The van der Waals surface area contributed by atoms with Crippen molar-refractivity contribution >= 4 is 5.78 Å². The summed E-state index contributed by atoms with van der Waals surface area (Å²) in [6.45, 7) is 2.37. The van der Waals surface area contributed by atoms with Crippen molar-refractivity contribution in [3.63, 3.8) is 0 Å². The normalized spacial score (nSPS) is 19.3. The quantitative estimate of drug-likeness (QED) is 0.741. The summed E-state index contributed by atoms with van der Waals surface area (Å²) >= 11 is 0. The van der Waals surface area contributed by atoms with Gasteiger partial charge in [-0.25, -0.2) is 9.97 Å². The Balaban J connectivity index is 1.54. The third-order valence-corrected chi connectivity index (χ3v) is 4.48. The molecule has 1 atom stereocenters. The van der Waals surface area contributed by atoms with Crippen LogP contribution < -0.4 is 0 Å². The Hall–Kier alpha value is -2.34. The highest BCUT2D eigenvalue weighted by atomic mass is 15.1. The highest BCUT2D eigenvalue weighted by molar-refractivity contribution is 5.56. The van der Waals surface area contributed by atoms with E-state index in [1.165, 1.54) is 19.4 Å². The number of rotatable bonds is 3. The van der Waals surface area contributed by atoms with Crippen LogP contribution in [0.5, 0.6) is 0 Å². The fourth-order valence-corrected chi connectivity index (χ4v) is 3.35. The maximum absolute atomic E-state index is 4.62. The fraction of sp³-hybridized carbons (Fsp3) is 0.412. The summed E-state index contributed by atoms with van der Waals surface area (Å²) in [5.74, 6) is 1.37. The van der Waals surface area contributed by atoms with Gasteiger partial charge in [0.15, 0.2) is 0 Å². The van der Waals surface area contributed by atoms with Gasteiger partial charge in [0.05, 0.1) is 23.8 Å². The molecule has 1 fully saturated rings. The second kappa shape index (κ2) is 6.04. The molecule has 0 spiro atoms. The molecule has 23 heavy (non-hydrogen) atoms. The van der Waals surface area contributed by atoms with E-state index in [0.717, 1.165) is 30.0 Å². The third kappa shape index (κ3) is 2.94. The van der Waals surface area contributed by atoms with Gasteiger partial charge in [-0.05, 0) is 44.8 Å². The summed E-state index contributed by atoms with van der Waals surface area (Å²) in [5, 5.41) is 0. The second-order valence-electron chi connectivity index (χ2n) is 6.30. The maximum Gasteiger partial charge on any atom is 0.234 e. The zero-order valence-electron chi connectivity index (χ0n) is 13.3. The van der Waals surface area contributed by atoms with E-state index < -0.39 is 0 Å². The molecule has 0 radical (unpaired) electrons. The standard InChI is InChI=1S/C17H20N6/c1-22-6-2-4-13(12-22)8-14-9-20-15(10-19-14)16-11-21-17-18-5-3-7-23(16)17/h3,5,7,9-11,13H,2,4,6,8,12H2,1H3. The molecular formula is C17H20N6. The fourth-order valence-electron chi connectivity index (χ4n) is 3.35. The van der Waals surface area contributed by atoms with Crippen molar-refractivity contribution in [3.8, 4) is 11.4 Å². The van der Waals surface area contributed by atoms with Gasteiger partial charge in [-0.1, -0.05) is 0 Å². The molecule has 0 aromatic carbocycles. The van der Waals surface area contributed by atoms with Crippen LogP contribution in [0.2, 0.25) is 0 Å². The molecule has 0 N–H and O–H groups in total. The summed E-state index contributed by atoms with van der Waals surface area (Å²) in [6.07, 6.45) is 12.8. The molecule has 0 saturated carbocycles. The van der Waals surface area contributed by atoms with Crippen LogP contribution in [0.4, 0.5) is 0 Å². The van der Waals surface area contributed by atoms with Crippen molar-refractivity contribution in [2.24, 2.45) is 5.92 Å². The van der Waals surface area contributed by atoms with Crippen LogP contribution in [-0.4, -0.2) is 49.4 Å². The average Bonchev–Trinajstić information content (AvgIpc) is 3.00. The molecule has 4 rings (SSSR count). The molecule has 1 saturated heterocycles. The maximum atomic E-state index is 4.62. The molecule has 0 bridgehead atoms. The predicted octanol–water partition coefficient (Wildman–Crippen LogP) is 2.07. The van der Waals surface area contributed by atoms with E-state index in [1.54, 1.807) is 12.4 Å². The largest absolute Gasteiger partial charge is 0.306 e. The first-order valence-electron chi connectivity index (χ1n) is 8.07. The van der Waals surface area contributed by atoms with Crippen molar-refractivity contribution in [2.45, 2.75) is 19.3 Å². The highest BCUT2D eigenvalue weighted by Gasteiger charge is 2.18. The Morgan fingerprint density at radius 2 is 2.09 bits per heavy atom. The van der Waals surface area contributed by atoms with Gasteiger partial charge in [-0.2, -0.15) is 0 Å². The van der Waals surface area contributed by atoms with Gasteiger partial charge in [-0.15, -0.1) is 0 Å². The molecule has 1 aliphatic rings. The number of hydrogen-bond donors (Lipinski definition) is 0. The molecule has 3 aromatic rings. The Kier molecular flexibility index (Phi) is 3.75. The summed E-state index contributed by atoms with van der Waals surface area (Å²) in [7, 11) is 2.19. The summed E-state index contributed by atoms with van der Waals surface area (Å²) < 4.78 is 1.93. The lowest BCUT2D eigenvalue weighted by Gasteiger charge is -2.29. The van der Waals surface area contributed by atoms with Gasteiger partial charge in [-0.3, -0.25) is 14.4 Å². The van der Waals surface area contributed by atoms with Gasteiger partial charge in [0.2, 0.25) is 5.78 Å². The SMILES string of the molecule is CN1CCCC(Cc2cnc(-c3cnc4ncccn34)cn2)C1. The Bertz CT molecular complexity index is 794. The first-order valence-corrected chi connectivity index (χ1v) is 8.07. The lowest BCUT2D eigenvalue weighted by molar-refractivity contribution is 0.208. The van der Waals surface area contributed by atoms with Crippen molar-refractivity contribution in [3.05, 3.63) is 42.7 Å². The molecule has 0 amide bonds. The molecule has 1 unspecified atom stereocenters. The molecule has 1 aliphatic heterocycles. The number of likely N-dealkylation sites (tertiary alicyclic amines) is 1. The van der Waals surface area contributed by atoms with Crippen molar-refractivity contribution in [1.29, 1.82) is 0 Å². The summed E-state index contributed by atoms with van der Waals surface area (Å²) in [6, 6.07) is 1.89. The molecule has 3 aromatic heterocycles. The van der Waals surface area contributed by atoms with Gasteiger partial charge in [0.25, 0.3) is 0 Å². The summed E-state index contributed by atoms with van der Waals surface area (Å²) in [4.78, 5) is 20.1. The van der Waals surface area contributed by atoms with Crippen LogP contribution in [-0.2, 0) is 6.42 Å². The first kappa shape index (κ1) is 14.3. The zero-order chi connectivity index (χ0) is 15.6. The van der Waals surface area contributed by atoms with Crippen molar-refractivity contribution < 1.29 is 0 Å². The molecule has 6 nitrogen and oxygen atoms in total. The molecule has 0 aliphatic carbocycles. The van der Waals surface area contributed by atoms with Crippen LogP contribution in [0.3, 0.4) is 0 Å². The number of nitrogens with zero attached hydrogens (tertiary/aromatic N) is 6. The molecule has 118 valence electrons. The lowest BCUT2D eigenvalue weighted by atomic mass is 9.94. The number of aromatic nitrogens is 5. The Labute approximate surface area is 135 Å². The Morgan fingerprint density at radius 3 is 2.91 bits per heavy atom. The van der Waals surface area contributed by atoms with E-state index in [9.17, 15) is 0 Å². The van der Waals surface area contributed by atoms with Gasteiger partial charge in [0, 0.05) is 25.1 Å². The summed E-state index contributed by atoms with van der Waals surface area (Å²) in [5.41, 5.74) is 2.82. The van der Waals surface area contributed by atoms with Crippen LogP contribution in [0.1, 0.15) is 18.5 Å². The number of imidazole rings is 1. The van der Waals surface area contributed by atoms with E-state index in [1.807, 2.05) is 29.1 Å². The molecule has 4 heterocycles. The first-order chi connectivity index (χ1) is 11.3.